The monoisotopic (exact) mass is 255 g/mol. The second-order valence-electron chi connectivity index (χ2n) is 4.53. The van der Waals surface area contributed by atoms with E-state index >= 15 is 0 Å². The highest BCUT2D eigenvalue weighted by Crippen LogP contribution is 2.33. The fourth-order valence-corrected chi connectivity index (χ4v) is 2.02. The van der Waals surface area contributed by atoms with Crippen LogP contribution in [0.5, 0.6) is 5.75 Å². The van der Waals surface area contributed by atoms with E-state index in [1.165, 1.54) is 5.56 Å². The molecule has 0 bridgehead atoms. The summed E-state index contributed by atoms with van der Waals surface area (Å²) in [6.07, 6.45) is 1.78. The molecule has 0 aliphatic carbocycles. The number of hydrogen-bond acceptors (Lipinski definition) is 2. The van der Waals surface area contributed by atoms with Gasteiger partial charge < -0.3 is 10.5 Å². The molecule has 1 rings (SSSR count). The largest absolute Gasteiger partial charge is 0.492 e. The molecule has 0 amide bonds. The van der Waals surface area contributed by atoms with Gasteiger partial charge in [0.1, 0.15) is 5.75 Å². The summed E-state index contributed by atoms with van der Waals surface area (Å²) >= 11 is 6.28. The highest BCUT2D eigenvalue weighted by Gasteiger charge is 2.12. The zero-order valence-electron chi connectivity index (χ0n) is 10.9. The summed E-state index contributed by atoms with van der Waals surface area (Å²) in [7, 11) is 0. The third kappa shape index (κ3) is 3.90. The quantitative estimate of drug-likeness (QED) is 0.840. The van der Waals surface area contributed by atoms with E-state index in [-0.39, 0.29) is 0 Å². The van der Waals surface area contributed by atoms with Crippen molar-refractivity contribution in [1.29, 1.82) is 0 Å². The summed E-state index contributed by atoms with van der Waals surface area (Å²) in [5.41, 5.74) is 8.00. The van der Waals surface area contributed by atoms with Gasteiger partial charge in [0, 0.05) is 0 Å². The predicted molar refractivity (Wildman–Crippen MR) is 74.1 cm³/mol. The molecule has 0 atom stereocenters. The predicted octanol–water partition coefficient (Wildman–Crippen LogP) is 3.75. The maximum atomic E-state index is 6.28. The van der Waals surface area contributed by atoms with Crippen molar-refractivity contribution in [3.05, 3.63) is 28.3 Å². The molecule has 0 saturated heterocycles. The lowest BCUT2D eigenvalue weighted by Crippen LogP contribution is -2.07. The van der Waals surface area contributed by atoms with Crippen LogP contribution in [-0.2, 0) is 6.42 Å². The molecule has 0 aromatic heterocycles. The van der Waals surface area contributed by atoms with Crippen LogP contribution in [0.4, 0.5) is 0 Å². The number of nitrogens with two attached hydrogens (primary N) is 1. The van der Waals surface area contributed by atoms with Crippen LogP contribution in [0.1, 0.15) is 44.2 Å². The zero-order chi connectivity index (χ0) is 12.8. The normalized spacial score (nSPS) is 10.9. The number of halogens is 1. The van der Waals surface area contributed by atoms with Crippen LogP contribution in [0.25, 0.3) is 0 Å². The van der Waals surface area contributed by atoms with Crippen molar-refractivity contribution in [2.75, 3.05) is 13.2 Å². The van der Waals surface area contributed by atoms with Crippen LogP contribution >= 0.6 is 11.6 Å². The van der Waals surface area contributed by atoms with E-state index in [1.807, 2.05) is 6.07 Å². The van der Waals surface area contributed by atoms with Crippen molar-refractivity contribution in [2.24, 2.45) is 5.73 Å². The van der Waals surface area contributed by atoms with E-state index in [2.05, 4.69) is 26.8 Å². The zero-order valence-corrected chi connectivity index (χ0v) is 11.7. The molecule has 2 nitrogen and oxygen atoms in total. The molecule has 1 aromatic rings. The molecule has 0 spiro atoms. The SMILES string of the molecule is CCCOc1c(Cl)cc(C(C)C)cc1CCN. The standard InChI is InChI=1S/C14H22ClNO/c1-4-7-17-14-11(5-6-16)8-12(10(2)3)9-13(14)15/h8-10H,4-7,16H2,1-3H3. The maximum absolute atomic E-state index is 6.28. The van der Waals surface area contributed by atoms with Gasteiger partial charge in [-0.1, -0.05) is 38.4 Å². The van der Waals surface area contributed by atoms with Gasteiger partial charge in [-0.25, -0.2) is 0 Å². The lowest BCUT2D eigenvalue weighted by molar-refractivity contribution is 0.314. The Morgan fingerprint density at radius 3 is 2.59 bits per heavy atom. The molecule has 0 unspecified atom stereocenters. The molecule has 0 saturated carbocycles. The van der Waals surface area contributed by atoms with E-state index < -0.39 is 0 Å². The highest BCUT2D eigenvalue weighted by atomic mass is 35.5. The minimum Gasteiger partial charge on any atom is -0.492 e. The summed E-state index contributed by atoms with van der Waals surface area (Å²) in [5.74, 6) is 1.27. The molecular formula is C14H22ClNO. The first-order valence-corrected chi connectivity index (χ1v) is 6.63. The van der Waals surface area contributed by atoms with Gasteiger partial charge in [-0.3, -0.25) is 0 Å². The third-order valence-electron chi connectivity index (χ3n) is 2.67. The van der Waals surface area contributed by atoms with Crippen molar-refractivity contribution in [3.63, 3.8) is 0 Å². The lowest BCUT2D eigenvalue weighted by Gasteiger charge is -2.16. The number of rotatable bonds is 6. The molecule has 3 heteroatoms. The Hall–Kier alpha value is -0.730. The summed E-state index contributed by atoms with van der Waals surface area (Å²) < 4.78 is 5.72. The lowest BCUT2D eigenvalue weighted by atomic mass is 9.99. The first-order valence-electron chi connectivity index (χ1n) is 6.25. The number of hydrogen-bond donors (Lipinski definition) is 1. The van der Waals surface area contributed by atoms with Gasteiger partial charge in [0.05, 0.1) is 11.6 Å². The van der Waals surface area contributed by atoms with Gasteiger partial charge in [0.25, 0.3) is 0 Å². The van der Waals surface area contributed by atoms with E-state index in [1.54, 1.807) is 0 Å². The van der Waals surface area contributed by atoms with Crippen LogP contribution in [-0.4, -0.2) is 13.2 Å². The van der Waals surface area contributed by atoms with Gasteiger partial charge in [0.2, 0.25) is 0 Å². The molecular weight excluding hydrogens is 234 g/mol. The second kappa shape index (κ2) is 6.87. The minimum absolute atomic E-state index is 0.462. The van der Waals surface area contributed by atoms with Crippen LogP contribution in [0.15, 0.2) is 12.1 Å². The Morgan fingerprint density at radius 2 is 2.06 bits per heavy atom. The smallest absolute Gasteiger partial charge is 0.141 e. The third-order valence-corrected chi connectivity index (χ3v) is 2.95. The summed E-state index contributed by atoms with van der Waals surface area (Å²) in [6.45, 7) is 7.70. The first-order chi connectivity index (χ1) is 8.10. The van der Waals surface area contributed by atoms with Crippen molar-refractivity contribution >= 4 is 11.6 Å². The Bertz CT molecular complexity index is 363. The molecule has 0 aliphatic heterocycles. The Balaban J connectivity index is 3.08. The molecule has 0 radical (unpaired) electrons. The van der Waals surface area contributed by atoms with Crippen LogP contribution in [0.2, 0.25) is 5.02 Å². The van der Waals surface area contributed by atoms with E-state index in [4.69, 9.17) is 22.1 Å². The van der Waals surface area contributed by atoms with E-state index in [0.717, 1.165) is 24.2 Å². The number of ether oxygens (including phenoxy) is 1. The summed E-state index contributed by atoms with van der Waals surface area (Å²) in [5, 5.41) is 0.702. The van der Waals surface area contributed by atoms with Crippen LogP contribution in [0.3, 0.4) is 0 Å². The Morgan fingerprint density at radius 1 is 1.35 bits per heavy atom. The average Bonchev–Trinajstić information content (AvgIpc) is 2.28. The van der Waals surface area contributed by atoms with Crippen molar-refractivity contribution < 1.29 is 4.74 Å². The van der Waals surface area contributed by atoms with Crippen molar-refractivity contribution in [3.8, 4) is 5.75 Å². The van der Waals surface area contributed by atoms with Gasteiger partial charge in [0.15, 0.2) is 0 Å². The van der Waals surface area contributed by atoms with Crippen molar-refractivity contribution in [1.82, 2.24) is 0 Å². The van der Waals surface area contributed by atoms with E-state index in [0.29, 0.717) is 24.1 Å². The fraction of sp³-hybridized carbons (Fsp3) is 0.571. The Kier molecular flexibility index (Phi) is 5.79. The maximum Gasteiger partial charge on any atom is 0.141 e. The highest BCUT2D eigenvalue weighted by molar-refractivity contribution is 6.32. The van der Waals surface area contributed by atoms with E-state index in [9.17, 15) is 0 Å². The van der Waals surface area contributed by atoms with Crippen LogP contribution < -0.4 is 10.5 Å². The molecule has 0 fully saturated rings. The van der Waals surface area contributed by atoms with Crippen molar-refractivity contribution in [2.45, 2.75) is 39.5 Å². The average molecular weight is 256 g/mol. The van der Waals surface area contributed by atoms with Crippen LogP contribution in [0, 0.1) is 0 Å². The first kappa shape index (κ1) is 14.3. The molecule has 0 heterocycles. The van der Waals surface area contributed by atoms with Gasteiger partial charge in [-0.15, -0.1) is 0 Å². The second-order valence-corrected chi connectivity index (χ2v) is 4.94. The minimum atomic E-state index is 0.462. The van der Waals surface area contributed by atoms with Gasteiger partial charge >= 0.3 is 0 Å². The molecule has 17 heavy (non-hydrogen) atoms. The topological polar surface area (TPSA) is 35.2 Å². The van der Waals surface area contributed by atoms with Gasteiger partial charge in [-0.2, -0.15) is 0 Å². The molecule has 1 aromatic carbocycles. The molecule has 2 N–H and O–H groups in total. The molecule has 0 aliphatic rings. The Labute approximate surface area is 109 Å². The summed E-state index contributed by atoms with van der Waals surface area (Å²) in [6, 6.07) is 4.16. The summed E-state index contributed by atoms with van der Waals surface area (Å²) in [4.78, 5) is 0. The molecule has 96 valence electrons. The van der Waals surface area contributed by atoms with Gasteiger partial charge in [-0.05, 0) is 42.5 Å². The number of benzene rings is 1. The fourth-order valence-electron chi connectivity index (χ4n) is 1.71.